The summed E-state index contributed by atoms with van der Waals surface area (Å²) < 4.78 is 14.6. The molecule has 10 heteroatoms. The van der Waals surface area contributed by atoms with E-state index >= 15 is 0 Å². The minimum atomic E-state index is -1.17. The number of fused-ring (bicyclic) bond motifs is 3. The minimum absolute atomic E-state index is 0.174. The maximum Gasteiger partial charge on any atom is 0.356 e. The van der Waals surface area contributed by atoms with Crippen molar-refractivity contribution in [2.45, 2.75) is 6.54 Å². The van der Waals surface area contributed by atoms with Gasteiger partial charge in [0, 0.05) is 33.5 Å². The maximum absolute atomic E-state index is 14.6. The Hall–Kier alpha value is -4.24. The van der Waals surface area contributed by atoms with Crippen LogP contribution in [0.3, 0.4) is 0 Å². The van der Waals surface area contributed by atoms with Crippen LogP contribution in [0.25, 0.3) is 11.3 Å². The second kappa shape index (κ2) is 8.36. The van der Waals surface area contributed by atoms with E-state index in [0.29, 0.717) is 27.6 Å². The van der Waals surface area contributed by atoms with Crippen LogP contribution in [0.5, 0.6) is 0 Å². The van der Waals surface area contributed by atoms with Gasteiger partial charge < -0.3 is 10.4 Å². The van der Waals surface area contributed by atoms with Gasteiger partial charge in [0.25, 0.3) is 0 Å². The van der Waals surface area contributed by atoms with Crippen molar-refractivity contribution in [2.75, 3.05) is 5.32 Å². The molecule has 5 rings (SSSR count). The number of carboxylic acid groups (broad SMARTS) is 1. The number of nitrogens with one attached hydrogen (secondary N) is 1. The van der Waals surface area contributed by atoms with Gasteiger partial charge in [0.2, 0.25) is 5.95 Å². The molecule has 3 heterocycles. The van der Waals surface area contributed by atoms with E-state index in [4.69, 9.17) is 16.7 Å². The molecule has 33 heavy (non-hydrogen) atoms. The van der Waals surface area contributed by atoms with Gasteiger partial charge in [0.1, 0.15) is 5.82 Å². The quantitative estimate of drug-likeness (QED) is 0.460. The van der Waals surface area contributed by atoms with Crippen LogP contribution in [-0.2, 0) is 6.54 Å². The lowest BCUT2D eigenvalue weighted by atomic mass is 9.95. The van der Waals surface area contributed by atoms with Crippen LogP contribution in [0.1, 0.15) is 27.2 Å². The number of nitrogens with zero attached hydrogens (tertiary/aromatic N) is 5. The standard InChI is InChI=1S/C23H14ClFN6O2/c24-13-5-6-14-16(9-13)21(15-3-1-2-4-17(15)25)26-10-12-11-27-23(29-20(12)14)28-19-8-7-18(22(32)33)30-31-19/h1-9,11H,10H2,(H,32,33)(H,27,28,29,31). The van der Waals surface area contributed by atoms with Crippen molar-refractivity contribution >= 4 is 35.0 Å². The molecule has 0 spiro atoms. The van der Waals surface area contributed by atoms with Crippen LogP contribution < -0.4 is 5.32 Å². The summed E-state index contributed by atoms with van der Waals surface area (Å²) >= 11 is 6.27. The SMILES string of the molecule is O=C(O)c1ccc(Nc2ncc3c(n2)-c2ccc(Cl)cc2C(c2ccccc2F)=NC3)nn1. The van der Waals surface area contributed by atoms with Crippen molar-refractivity contribution in [3.8, 4) is 11.3 Å². The van der Waals surface area contributed by atoms with E-state index in [0.717, 1.165) is 11.1 Å². The first kappa shape index (κ1) is 20.7. The number of rotatable bonds is 4. The molecule has 1 aliphatic heterocycles. The van der Waals surface area contributed by atoms with Crippen LogP contribution in [0.4, 0.5) is 16.2 Å². The zero-order valence-corrected chi connectivity index (χ0v) is 17.6. The molecule has 0 atom stereocenters. The Morgan fingerprint density at radius 3 is 2.64 bits per heavy atom. The van der Waals surface area contributed by atoms with Crippen LogP contribution in [0, 0.1) is 5.82 Å². The lowest BCUT2D eigenvalue weighted by molar-refractivity contribution is 0.0689. The number of anilines is 2. The van der Waals surface area contributed by atoms with Gasteiger partial charge in [-0.05, 0) is 36.4 Å². The van der Waals surface area contributed by atoms with E-state index in [1.807, 2.05) is 6.07 Å². The van der Waals surface area contributed by atoms with Crippen molar-refractivity contribution in [1.29, 1.82) is 0 Å². The highest BCUT2D eigenvalue weighted by Gasteiger charge is 2.23. The number of hydrogen-bond acceptors (Lipinski definition) is 7. The highest BCUT2D eigenvalue weighted by atomic mass is 35.5. The first-order valence-electron chi connectivity index (χ1n) is 9.79. The van der Waals surface area contributed by atoms with Gasteiger partial charge in [-0.3, -0.25) is 4.99 Å². The smallest absolute Gasteiger partial charge is 0.356 e. The fraction of sp³-hybridized carbons (Fsp3) is 0.0435. The summed E-state index contributed by atoms with van der Waals surface area (Å²) in [4.78, 5) is 24.6. The summed E-state index contributed by atoms with van der Waals surface area (Å²) in [5.74, 6) is -1.03. The molecule has 0 fully saturated rings. The van der Waals surface area contributed by atoms with E-state index in [2.05, 4.69) is 30.5 Å². The predicted octanol–water partition coefficient (Wildman–Crippen LogP) is 4.52. The minimum Gasteiger partial charge on any atom is -0.476 e. The summed E-state index contributed by atoms with van der Waals surface area (Å²) in [6.45, 7) is 0.249. The normalized spacial score (nSPS) is 12.2. The van der Waals surface area contributed by atoms with Gasteiger partial charge in [-0.25, -0.2) is 19.2 Å². The van der Waals surface area contributed by atoms with Gasteiger partial charge in [0.05, 0.1) is 18.0 Å². The molecular weight excluding hydrogens is 447 g/mol. The average molecular weight is 461 g/mol. The van der Waals surface area contributed by atoms with Crippen LogP contribution in [0.2, 0.25) is 5.02 Å². The number of carboxylic acids is 1. The molecule has 1 aliphatic rings. The van der Waals surface area contributed by atoms with Gasteiger partial charge in [-0.15, -0.1) is 10.2 Å². The second-order valence-corrected chi connectivity index (χ2v) is 7.57. The lowest BCUT2D eigenvalue weighted by Crippen LogP contribution is -2.07. The molecule has 4 aromatic rings. The number of halogens is 2. The Morgan fingerprint density at radius 1 is 1.03 bits per heavy atom. The van der Waals surface area contributed by atoms with Crippen LogP contribution in [-0.4, -0.2) is 37.0 Å². The van der Waals surface area contributed by atoms with Crippen molar-refractivity contribution in [2.24, 2.45) is 4.99 Å². The van der Waals surface area contributed by atoms with Gasteiger partial charge >= 0.3 is 5.97 Å². The van der Waals surface area contributed by atoms with Crippen molar-refractivity contribution < 1.29 is 14.3 Å². The van der Waals surface area contributed by atoms with E-state index in [1.165, 1.54) is 18.2 Å². The molecule has 0 radical (unpaired) electrons. The number of hydrogen-bond donors (Lipinski definition) is 2. The molecule has 0 saturated carbocycles. The fourth-order valence-corrected chi connectivity index (χ4v) is 3.67. The summed E-state index contributed by atoms with van der Waals surface area (Å²) in [5.41, 5.74) is 3.43. The van der Waals surface area contributed by atoms with E-state index in [-0.39, 0.29) is 29.8 Å². The van der Waals surface area contributed by atoms with Gasteiger partial charge in [-0.1, -0.05) is 29.8 Å². The van der Waals surface area contributed by atoms with E-state index < -0.39 is 5.97 Å². The number of aliphatic imine (C=N–C) groups is 1. The molecule has 0 saturated heterocycles. The zero-order valence-electron chi connectivity index (χ0n) is 16.8. The van der Waals surface area contributed by atoms with Crippen molar-refractivity contribution in [3.05, 3.63) is 94.0 Å². The average Bonchev–Trinajstić information content (AvgIpc) is 2.96. The van der Waals surface area contributed by atoms with Crippen molar-refractivity contribution in [3.63, 3.8) is 0 Å². The molecule has 2 N–H and O–H groups in total. The van der Waals surface area contributed by atoms with E-state index in [9.17, 15) is 9.18 Å². The third-order valence-corrected chi connectivity index (χ3v) is 5.25. The zero-order chi connectivity index (χ0) is 22.9. The van der Waals surface area contributed by atoms with Gasteiger partial charge in [-0.2, -0.15) is 0 Å². The fourth-order valence-electron chi connectivity index (χ4n) is 3.50. The summed E-state index contributed by atoms with van der Waals surface area (Å²) in [7, 11) is 0. The third kappa shape index (κ3) is 4.01. The summed E-state index contributed by atoms with van der Waals surface area (Å²) in [6.07, 6.45) is 1.63. The molecule has 8 nitrogen and oxygen atoms in total. The topological polar surface area (TPSA) is 113 Å². The molecule has 2 aromatic carbocycles. The number of aromatic carboxylic acids is 1. The Kier molecular flexibility index (Phi) is 5.23. The number of benzene rings is 2. The second-order valence-electron chi connectivity index (χ2n) is 7.14. The molecule has 0 unspecified atom stereocenters. The molecule has 2 aromatic heterocycles. The molecule has 0 aliphatic carbocycles. The highest BCUT2D eigenvalue weighted by Crippen LogP contribution is 2.34. The first-order valence-corrected chi connectivity index (χ1v) is 10.2. The largest absolute Gasteiger partial charge is 0.476 e. The van der Waals surface area contributed by atoms with Gasteiger partial charge in [0.15, 0.2) is 11.5 Å². The van der Waals surface area contributed by atoms with Crippen LogP contribution in [0.15, 0.2) is 65.8 Å². The molecule has 0 bridgehead atoms. The monoisotopic (exact) mass is 460 g/mol. The molecule has 0 amide bonds. The lowest BCUT2D eigenvalue weighted by Gasteiger charge is -2.13. The highest BCUT2D eigenvalue weighted by molar-refractivity contribution is 6.31. The summed E-state index contributed by atoms with van der Waals surface area (Å²) in [5, 5.41) is 19.9. The Balaban J connectivity index is 1.57. The first-order chi connectivity index (χ1) is 16.0. The third-order valence-electron chi connectivity index (χ3n) is 5.02. The predicted molar refractivity (Wildman–Crippen MR) is 120 cm³/mol. The summed E-state index contributed by atoms with van der Waals surface area (Å²) in [6, 6.07) is 14.5. The Bertz CT molecular complexity index is 1430. The maximum atomic E-state index is 14.6. The Labute approximate surface area is 191 Å². The van der Waals surface area contributed by atoms with Crippen LogP contribution >= 0.6 is 11.6 Å². The number of aromatic nitrogens is 4. The molecular formula is C23H14ClFN6O2. The van der Waals surface area contributed by atoms with E-state index in [1.54, 1.807) is 36.5 Å². The Morgan fingerprint density at radius 2 is 1.88 bits per heavy atom. The molecule has 162 valence electrons. The number of carbonyl (C=O) groups is 1. The van der Waals surface area contributed by atoms with Crippen molar-refractivity contribution in [1.82, 2.24) is 20.2 Å².